The molecule has 0 aromatic heterocycles. The van der Waals surface area contributed by atoms with E-state index in [2.05, 4.69) is 5.32 Å². The molecular weight excluding hydrogens is 344 g/mol. The zero-order valence-electron chi connectivity index (χ0n) is 14.0. The van der Waals surface area contributed by atoms with Gasteiger partial charge in [-0.05, 0) is 36.4 Å². The topological polar surface area (TPSA) is 92.8 Å². The molecule has 0 atom stereocenters. The molecule has 0 saturated heterocycles. The first-order valence-electron chi connectivity index (χ1n) is 7.31. The van der Waals surface area contributed by atoms with E-state index in [1.54, 1.807) is 12.1 Å². The van der Waals surface area contributed by atoms with Crippen LogP contribution in [0.25, 0.3) is 0 Å². The van der Waals surface area contributed by atoms with Crippen molar-refractivity contribution in [3.63, 3.8) is 0 Å². The van der Waals surface area contributed by atoms with Crippen LogP contribution in [0.5, 0.6) is 0 Å². The van der Waals surface area contributed by atoms with Gasteiger partial charge >= 0.3 is 5.97 Å². The second-order valence-corrected chi connectivity index (χ2v) is 7.16. The summed E-state index contributed by atoms with van der Waals surface area (Å²) in [6.07, 6.45) is 0. The summed E-state index contributed by atoms with van der Waals surface area (Å²) in [5.74, 6) is -0.876. The summed E-state index contributed by atoms with van der Waals surface area (Å²) in [7, 11) is -1.30. The molecule has 8 heteroatoms. The molecule has 0 unspecified atom stereocenters. The molecule has 25 heavy (non-hydrogen) atoms. The summed E-state index contributed by atoms with van der Waals surface area (Å²) in [6.45, 7) is 1.36. The van der Waals surface area contributed by atoms with E-state index in [-0.39, 0.29) is 22.1 Å². The average Bonchev–Trinajstić information content (AvgIpc) is 2.60. The molecule has 0 aliphatic rings. The van der Waals surface area contributed by atoms with E-state index in [0.717, 1.165) is 4.31 Å². The van der Waals surface area contributed by atoms with Crippen LogP contribution in [0.2, 0.25) is 0 Å². The second kappa shape index (κ2) is 7.35. The van der Waals surface area contributed by atoms with Gasteiger partial charge in [-0.15, -0.1) is 0 Å². The molecule has 1 amide bonds. The van der Waals surface area contributed by atoms with Crippen molar-refractivity contribution in [3.8, 4) is 0 Å². The highest BCUT2D eigenvalue weighted by molar-refractivity contribution is 7.92. The Hall–Kier alpha value is -2.87. The normalized spacial score (nSPS) is 10.8. The van der Waals surface area contributed by atoms with Crippen molar-refractivity contribution in [2.75, 3.05) is 23.8 Å². The van der Waals surface area contributed by atoms with Crippen LogP contribution in [-0.4, -0.2) is 34.5 Å². The number of carbonyl (C=O) groups is 2. The van der Waals surface area contributed by atoms with Crippen molar-refractivity contribution in [1.29, 1.82) is 0 Å². The third-order valence-electron chi connectivity index (χ3n) is 3.48. The quantitative estimate of drug-likeness (QED) is 0.824. The molecule has 7 nitrogen and oxygen atoms in total. The number of para-hydroxylation sites is 1. The van der Waals surface area contributed by atoms with E-state index >= 15 is 0 Å². The van der Waals surface area contributed by atoms with Crippen molar-refractivity contribution in [1.82, 2.24) is 0 Å². The van der Waals surface area contributed by atoms with Gasteiger partial charge in [-0.1, -0.05) is 12.1 Å². The van der Waals surface area contributed by atoms with Gasteiger partial charge in [0.15, 0.2) is 0 Å². The Kier molecular flexibility index (Phi) is 5.43. The lowest BCUT2D eigenvalue weighted by atomic mass is 10.2. The lowest BCUT2D eigenvalue weighted by Crippen LogP contribution is -2.28. The minimum absolute atomic E-state index is 0.0313. The zero-order chi connectivity index (χ0) is 18.6. The zero-order valence-corrected chi connectivity index (χ0v) is 14.8. The highest BCUT2D eigenvalue weighted by Crippen LogP contribution is 2.26. The first-order chi connectivity index (χ1) is 11.8. The van der Waals surface area contributed by atoms with Gasteiger partial charge in [-0.3, -0.25) is 9.10 Å². The van der Waals surface area contributed by atoms with Gasteiger partial charge in [0.1, 0.15) is 0 Å². The van der Waals surface area contributed by atoms with Crippen LogP contribution in [0, 0.1) is 0 Å². The van der Waals surface area contributed by atoms with Gasteiger partial charge < -0.3 is 10.1 Å². The summed E-state index contributed by atoms with van der Waals surface area (Å²) >= 11 is 0. The number of esters is 1. The number of nitrogens with one attached hydrogen (secondary N) is 1. The number of ether oxygens (including phenoxy) is 1. The van der Waals surface area contributed by atoms with E-state index in [1.807, 2.05) is 0 Å². The van der Waals surface area contributed by atoms with Crippen LogP contribution in [0.1, 0.15) is 17.3 Å². The van der Waals surface area contributed by atoms with Crippen molar-refractivity contribution >= 4 is 33.3 Å². The molecule has 2 aromatic rings. The monoisotopic (exact) mass is 362 g/mol. The molecule has 0 heterocycles. The van der Waals surface area contributed by atoms with E-state index in [9.17, 15) is 18.0 Å². The Morgan fingerprint density at radius 3 is 2.20 bits per heavy atom. The molecule has 0 bridgehead atoms. The number of anilines is 2. The summed E-state index contributed by atoms with van der Waals surface area (Å²) in [4.78, 5) is 22.9. The Morgan fingerprint density at radius 1 is 1.04 bits per heavy atom. The molecule has 0 fully saturated rings. The van der Waals surface area contributed by atoms with Crippen LogP contribution in [0.4, 0.5) is 11.4 Å². The first kappa shape index (κ1) is 18.5. The third kappa shape index (κ3) is 3.97. The highest BCUT2D eigenvalue weighted by Gasteiger charge is 2.25. The lowest BCUT2D eigenvalue weighted by Gasteiger charge is -2.21. The van der Waals surface area contributed by atoms with Crippen LogP contribution in [0.3, 0.4) is 0 Å². The Balaban J connectivity index is 2.40. The number of methoxy groups -OCH3 is 1. The minimum Gasteiger partial charge on any atom is -0.465 e. The lowest BCUT2D eigenvalue weighted by molar-refractivity contribution is -0.114. The maximum atomic E-state index is 12.8. The number of carbonyl (C=O) groups excluding carboxylic acids is 2. The summed E-state index contributed by atoms with van der Waals surface area (Å²) in [5.41, 5.74) is 0.843. The van der Waals surface area contributed by atoms with Gasteiger partial charge in [-0.25, -0.2) is 13.2 Å². The van der Waals surface area contributed by atoms with Crippen molar-refractivity contribution in [2.24, 2.45) is 0 Å². The summed E-state index contributed by atoms with van der Waals surface area (Å²) in [6, 6.07) is 12.0. The maximum Gasteiger partial charge on any atom is 0.340 e. The average molecular weight is 362 g/mol. The third-order valence-corrected chi connectivity index (χ3v) is 5.27. The number of amides is 1. The van der Waals surface area contributed by atoms with Gasteiger partial charge in [0.2, 0.25) is 5.91 Å². The molecule has 0 spiro atoms. The molecule has 1 N–H and O–H groups in total. The molecule has 2 aromatic carbocycles. The Morgan fingerprint density at radius 2 is 1.64 bits per heavy atom. The van der Waals surface area contributed by atoms with E-state index in [0.29, 0.717) is 5.69 Å². The first-order valence-corrected chi connectivity index (χ1v) is 8.75. The fourth-order valence-corrected chi connectivity index (χ4v) is 3.45. The number of hydrogen-bond acceptors (Lipinski definition) is 5. The number of hydrogen-bond donors (Lipinski definition) is 1. The standard InChI is InChI=1S/C17H18N2O5S/c1-12(20)18-13-8-10-14(11-9-13)25(22,23)19(2)16-7-5-4-6-15(16)17(21)24-3/h4-11H,1-3H3,(H,18,20). The van der Waals surface area contributed by atoms with Crippen LogP contribution >= 0.6 is 0 Å². The SMILES string of the molecule is COC(=O)c1ccccc1N(C)S(=O)(=O)c1ccc(NC(C)=O)cc1. The Labute approximate surface area is 146 Å². The molecule has 0 aliphatic heterocycles. The number of rotatable bonds is 5. The molecule has 0 radical (unpaired) electrons. The van der Waals surface area contributed by atoms with Crippen molar-refractivity contribution in [2.45, 2.75) is 11.8 Å². The highest BCUT2D eigenvalue weighted by atomic mass is 32.2. The number of nitrogens with zero attached hydrogens (tertiary/aromatic N) is 1. The van der Waals surface area contributed by atoms with E-state index in [1.165, 1.54) is 57.5 Å². The molecule has 0 saturated carbocycles. The molecule has 0 aliphatic carbocycles. The molecule has 2 rings (SSSR count). The predicted octanol–water partition coefficient (Wildman–Crippen LogP) is 2.26. The minimum atomic E-state index is -3.89. The smallest absolute Gasteiger partial charge is 0.340 e. The van der Waals surface area contributed by atoms with Gasteiger partial charge in [0, 0.05) is 19.7 Å². The maximum absolute atomic E-state index is 12.8. The van der Waals surface area contributed by atoms with Crippen LogP contribution in [-0.2, 0) is 19.6 Å². The largest absolute Gasteiger partial charge is 0.465 e. The second-order valence-electron chi connectivity index (χ2n) is 5.19. The van der Waals surface area contributed by atoms with Gasteiger partial charge in [0.05, 0.1) is 23.3 Å². The molecule has 132 valence electrons. The number of benzene rings is 2. The van der Waals surface area contributed by atoms with Gasteiger partial charge in [0.25, 0.3) is 10.0 Å². The fraction of sp³-hybridized carbons (Fsp3) is 0.176. The van der Waals surface area contributed by atoms with Crippen molar-refractivity contribution < 1.29 is 22.7 Å². The van der Waals surface area contributed by atoms with Crippen molar-refractivity contribution in [3.05, 3.63) is 54.1 Å². The van der Waals surface area contributed by atoms with Crippen LogP contribution < -0.4 is 9.62 Å². The van der Waals surface area contributed by atoms with Gasteiger partial charge in [-0.2, -0.15) is 0 Å². The number of sulfonamides is 1. The van der Waals surface area contributed by atoms with E-state index in [4.69, 9.17) is 4.74 Å². The summed E-state index contributed by atoms with van der Waals surface area (Å²) < 4.78 is 31.3. The fourth-order valence-electron chi connectivity index (χ4n) is 2.23. The molecular formula is C17H18N2O5S. The van der Waals surface area contributed by atoms with E-state index < -0.39 is 16.0 Å². The predicted molar refractivity (Wildman–Crippen MR) is 94.1 cm³/mol. The Bertz CT molecular complexity index is 892. The summed E-state index contributed by atoms with van der Waals surface area (Å²) in [5, 5.41) is 2.57. The van der Waals surface area contributed by atoms with Crippen LogP contribution in [0.15, 0.2) is 53.4 Å².